The van der Waals surface area contributed by atoms with E-state index >= 15 is 0 Å². The van der Waals surface area contributed by atoms with Gasteiger partial charge in [-0.05, 0) is 60.7 Å². The first-order chi connectivity index (χ1) is 20.3. The standard InChI is InChI=1S/C31H26BrN3O7/c1-39-26-16-21(17-27(40-2)28(26)41-3)31(38)42-25-11-7-4-8-20(25)18-33-35-30(37)23-9-5-6-10-24(23)34-29(36)19-12-14-22(32)15-13-19/h4-18H,1-3H3,(H,34,36)(H,35,37)/b33-18-. The number of hydrogen-bond acceptors (Lipinski definition) is 8. The zero-order chi connectivity index (χ0) is 30.1. The van der Waals surface area contributed by atoms with Crippen molar-refractivity contribution >= 4 is 45.6 Å². The number of methoxy groups -OCH3 is 3. The molecule has 214 valence electrons. The molecule has 4 aromatic carbocycles. The number of benzene rings is 4. The zero-order valence-corrected chi connectivity index (χ0v) is 24.4. The number of halogens is 1. The number of esters is 1. The highest BCUT2D eigenvalue weighted by Gasteiger charge is 2.19. The van der Waals surface area contributed by atoms with Crippen LogP contribution < -0.4 is 29.7 Å². The number of amides is 2. The monoisotopic (exact) mass is 631 g/mol. The summed E-state index contributed by atoms with van der Waals surface area (Å²) in [6.07, 6.45) is 1.35. The van der Waals surface area contributed by atoms with Gasteiger partial charge in [0.1, 0.15) is 5.75 Å². The van der Waals surface area contributed by atoms with Crippen molar-refractivity contribution in [2.75, 3.05) is 26.6 Å². The van der Waals surface area contributed by atoms with Crippen LogP contribution in [0, 0.1) is 0 Å². The molecule has 0 bridgehead atoms. The van der Waals surface area contributed by atoms with Gasteiger partial charge >= 0.3 is 5.97 Å². The molecule has 0 radical (unpaired) electrons. The van der Waals surface area contributed by atoms with Crippen molar-refractivity contribution < 1.29 is 33.3 Å². The molecule has 10 nitrogen and oxygen atoms in total. The van der Waals surface area contributed by atoms with Crippen molar-refractivity contribution in [2.45, 2.75) is 0 Å². The number of carbonyl (C=O) groups is 3. The van der Waals surface area contributed by atoms with E-state index < -0.39 is 11.9 Å². The van der Waals surface area contributed by atoms with Crippen LogP contribution in [0.4, 0.5) is 5.69 Å². The summed E-state index contributed by atoms with van der Waals surface area (Å²) >= 11 is 3.34. The smallest absolute Gasteiger partial charge is 0.343 e. The van der Waals surface area contributed by atoms with Crippen LogP contribution in [0.1, 0.15) is 36.6 Å². The maximum absolute atomic E-state index is 13.0. The van der Waals surface area contributed by atoms with Crippen molar-refractivity contribution in [1.29, 1.82) is 0 Å². The van der Waals surface area contributed by atoms with Crippen molar-refractivity contribution in [2.24, 2.45) is 5.10 Å². The van der Waals surface area contributed by atoms with Gasteiger partial charge in [-0.2, -0.15) is 5.10 Å². The Hall–Kier alpha value is -5.16. The van der Waals surface area contributed by atoms with Gasteiger partial charge in [0.15, 0.2) is 11.5 Å². The first kappa shape index (κ1) is 29.8. The van der Waals surface area contributed by atoms with Crippen LogP contribution in [0.15, 0.2) is 94.5 Å². The molecule has 4 aromatic rings. The highest BCUT2D eigenvalue weighted by atomic mass is 79.9. The molecule has 0 aliphatic carbocycles. The molecule has 0 aromatic heterocycles. The van der Waals surface area contributed by atoms with Gasteiger partial charge in [0.2, 0.25) is 5.75 Å². The Morgan fingerprint density at radius 2 is 1.38 bits per heavy atom. The van der Waals surface area contributed by atoms with Crippen molar-refractivity contribution in [3.8, 4) is 23.0 Å². The predicted octanol–water partition coefficient (Wildman–Crippen LogP) is 5.71. The number of rotatable bonds is 10. The van der Waals surface area contributed by atoms with Gasteiger partial charge in [0.05, 0.1) is 44.4 Å². The van der Waals surface area contributed by atoms with E-state index in [2.05, 4.69) is 31.8 Å². The molecule has 11 heteroatoms. The fourth-order valence-corrected chi connectivity index (χ4v) is 4.11. The summed E-state index contributed by atoms with van der Waals surface area (Å²) < 4.78 is 22.4. The largest absolute Gasteiger partial charge is 0.493 e. The van der Waals surface area contributed by atoms with Gasteiger partial charge in [-0.1, -0.05) is 40.2 Å². The molecule has 0 fully saturated rings. The van der Waals surface area contributed by atoms with Crippen molar-refractivity contribution in [3.63, 3.8) is 0 Å². The normalized spacial score (nSPS) is 10.6. The predicted molar refractivity (Wildman–Crippen MR) is 161 cm³/mol. The average Bonchev–Trinajstić information content (AvgIpc) is 3.01. The SMILES string of the molecule is COc1cc(C(=O)Oc2ccccc2/C=N\NC(=O)c2ccccc2NC(=O)c2ccc(Br)cc2)cc(OC)c1OC. The van der Waals surface area contributed by atoms with E-state index in [9.17, 15) is 14.4 Å². The third kappa shape index (κ3) is 7.12. The van der Waals surface area contributed by atoms with Crippen LogP contribution in [0.2, 0.25) is 0 Å². The maximum Gasteiger partial charge on any atom is 0.343 e. The van der Waals surface area contributed by atoms with Gasteiger partial charge < -0.3 is 24.3 Å². The third-order valence-electron chi connectivity index (χ3n) is 5.92. The number of nitrogens with zero attached hydrogens (tertiary/aromatic N) is 1. The summed E-state index contributed by atoms with van der Waals surface area (Å²) in [6, 6.07) is 23.0. The Bertz CT molecular complexity index is 1610. The molecule has 0 heterocycles. The van der Waals surface area contributed by atoms with E-state index in [4.69, 9.17) is 18.9 Å². The highest BCUT2D eigenvalue weighted by molar-refractivity contribution is 9.10. The van der Waals surface area contributed by atoms with Gasteiger partial charge in [-0.3, -0.25) is 9.59 Å². The molecule has 0 atom stereocenters. The number of para-hydroxylation sites is 2. The Kier molecular flexibility index (Phi) is 9.90. The molecule has 0 saturated carbocycles. The van der Waals surface area contributed by atoms with E-state index in [-0.39, 0.29) is 22.8 Å². The minimum atomic E-state index is -0.672. The van der Waals surface area contributed by atoms with Gasteiger partial charge in [0, 0.05) is 15.6 Å². The second-order valence-corrected chi connectivity index (χ2v) is 9.46. The van der Waals surface area contributed by atoms with Gasteiger partial charge in [-0.15, -0.1) is 0 Å². The summed E-state index contributed by atoms with van der Waals surface area (Å²) in [5.41, 5.74) is 4.01. The number of nitrogens with one attached hydrogen (secondary N) is 2. The molecule has 0 unspecified atom stereocenters. The first-order valence-electron chi connectivity index (χ1n) is 12.4. The molecule has 0 aliphatic rings. The number of hydrazone groups is 1. The lowest BCUT2D eigenvalue weighted by atomic mass is 10.1. The number of ether oxygens (including phenoxy) is 4. The van der Waals surface area contributed by atoms with Crippen molar-refractivity contribution in [1.82, 2.24) is 5.43 Å². The van der Waals surface area contributed by atoms with E-state index in [1.165, 1.54) is 39.7 Å². The third-order valence-corrected chi connectivity index (χ3v) is 6.45. The maximum atomic E-state index is 13.0. The number of hydrogen-bond donors (Lipinski definition) is 2. The number of carbonyl (C=O) groups excluding carboxylic acids is 3. The van der Waals surface area contributed by atoms with Crippen LogP contribution in [0.3, 0.4) is 0 Å². The fourth-order valence-electron chi connectivity index (χ4n) is 3.84. The average molecular weight is 632 g/mol. The second kappa shape index (κ2) is 14.0. The quantitative estimate of drug-likeness (QED) is 0.0994. The molecule has 42 heavy (non-hydrogen) atoms. The minimum Gasteiger partial charge on any atom is -0.493 e. The van der Waals surface area contributed by atoms with E-state index in [1.807, 2.05) is 0 Å². The summed E-state index contributed by atoms with van der Waals surface area (Å²) in [4.78, 5) is 38.6. The van der Waals surface area contributed by atoms with Crippen LogP contribution in [0.5, 0.6) is 23.0 Å². The first-order valence-corrected chi connectivity index (χ1v) is 13.2. The van der Waals surface area contributed by atoms with Gasteiger partial charge in [-0.25, -0.2) is 10.2 Å². The van der Waals surface area contributed by atoms with Crippen molar-refractivity contribution in [3.05, 3.63) is 112 Å². The highest BCUT2D eigenvalue weighted by Crippen LogP contribution is 2.38. The number of anilines is 1. The van der Waals surface area contributed by atoms with E-state index in [0.29, 0.717) is 34.1 Å². The molecule has 0 aliphatic heterocycles. The summed E-state index contributed by atoms with van der Waals surface area (Å²) in [5.74, 6) is -0.441. The topological polar surface area (TPSA) is 125 Å². The van der Waals surface area contributed by atoms with Gasteiger partial charge in [0.25, 0.3) is 11.8 Å². The lowest BCUT2D eigenvalue weighted by Crippen LogP contribution is -2.21. The Labute approximate surface area is 250 Å². The van der Waals surface area contributed by atoms with E-state index in [0.717, 1.165) is 4.47 Å². The fraction of sp³-hybridized carbons (Fsp3) is 0.0968. The summed E-state index contributed by atoms with van der Waals surface area (Å²) in [7, 11) is 4.36. The van der Waals surface area contributed by atoms with Crippen LogP contribution in [-0.4, -0.2) is 45.3 Å². The molecular weight excluding hydrogens is 606 g/mol. The molecule has 2 N–H and O–H groups in total. The Balaban J connectivity index is 1.47. The lowest BCUT2D eigenvalue weighted by Gasteiger charge is -2.14. The van der Waals surface area contributed by atoms with Crippen LogP contribution in [0.25, 0.3) is 0 Å². The van der Waals surface area contributed by atoms with E-state index in [1.54, 1.807) is 72.8 Å². The second-order valence-electron chi connectivity index (χ2n) is 8.55. The lowest BCUT2D eigenvalue weighted by molar-refractivity contribution is 0.0733. The molecule has 0 spiro atoms. The van der Waals surface area contributed by atoms with Crippen LogP contribution in [-0.2, 0) is 0 Å². The summed E-state index contributed by atoms with van der Waals surface area (Å²) in [5, 5.41) is 6.79. The van der Waals surface area contributed by atoms with Crippen LogP contribution >= 0.6 is 15.9 Å². The zero-order valence-electron chi connectivity index (χ0n) is 22.8. The molecule has 2 amide bonds. The molecule has 0 saturated heterocycles. The Morgan fingerprint density at radius 3 is 2.05 bits per heavy atom. The molecular formula is C31H26BrN3O7. The molecule has 4 rings (SSSR count). The minimum absolute atomic E-state index is 0.173. The summed E-state index contributed by atoms with van der Waals surface area (Å²) in [6.45, 7) is 0. The Morgan fingerprint density at radius 1 is 0.738 bits per heavy atom.